The van der Waals surface area contributed by atoms with Crippen LogP contribution in [0.4, 0.5) is 0 Å². The molecule has 0 fully saturated rings. The van der Waals surface area contributed by atoms with Gasteiger partial charge in [0.2, 0.25) is 0 Å². The lowest BCUT2D eigenvalue weighted by molar-refractivity contribution is 0.532. The van der Waals surface area contributed by atoms with Gasteiger partial charge in [-0.15, -0.1) is 0 Å². The summed E-state index contributed by atoms with van der Waals surface area (Å²) in [6.45, 7) is 8.44. The van der Waals surface area contributed by atoms with E-state index < -0.39 is 14.6 Å². The van der Waals surface area contributed by atoms with Crippen LogP contribution in [0.2, 0.25) is 0 Å². The smallest absolute Gasteiger partial charge is 0.153 e. The molecule has 0 saturated heterocycles. The van der Waals surface area contributed by atoms with Gasteiger partial charge in [-0.3, -0.25) is 0 Å². The minimum Gasteiger partial charge on any atom is -0.311 e. The topological polar surface area (TPSA) is 46.2 Å². The van der Waals surface area contributed by atoms with E-state index >= 15 is 0 Å². The van der Waals surface area contributed by atoms with Crippen molar-refractivity contribution >= 4 is 15.4 Å². The molecule has 1 aromatic rings. The first kappa shape index (κ1) is 14.9. The predicted octanol–water partition coefficient (Wildman–Crippen LogP) is 2.11. The first-order valence-electron chi connectivity index (χ1n) is 5.87. The molecule has 3 nitrogen and oxygen atoms in total. The van der Waals surface area contributed by atoms with Crippen molar-refractivity contribution in [2.75, 3.05) is 19.3 Å². The monoisotopic (exact) mass is 267 g/mol. The normalized spacial score (nSPS) is 12.4. The third-order valence-corrected chi connectivity index (χ3v) is 5.23. The van der Waals surface area contributed by atoms with Crippen molar-refractivity contribution in [1.29, 1.82) is 0 Å². The Morgan fingerprint density at radius 1 is 1.28 bits per heavy atom. The van der Waals surface area contributed by atoms with Gasteiger partial charge in [0.25, 0.3) is 0 Å². The van der Waals surface area contributed by atoms with Crippen molar-refractivity contribution in [1.82, 2.24) is 5.32 Å². The molecule has 0 aliphatic carbocycles. The maximum Gasteiger partial charge on any atom is 0.153 e. The van der Waals surface area contributed by atoms with Gasteiger partial charge < -0.3 is 5.32 Å². The molecule has 1 rings (SSSR count). The molecular formula is C14H21NO2S. The Morgan fingerprint density at radius 3 is 2.33 bits per heavy atom. The molecule has 0 aliphatic heterocycles. The summed E-state index contributed by atoms with van der Waals surface area (Å²) in [6.07, 6.45) is 1.26. The van der Waals surface area contributed by atoms with Crippen molar-refractivity contribution in [3.8, 4) is 0 Å². The van der Waals surface area contributed by atoms with E-state index in [2.05, 4.69) is 11.9 Å². The molecule has 0 bridgehead atoms. The summed E-state index contributed by atoms with van der Waals surface area (Å²) in [4.78, 5) is 0. The largest absolute Gasteiger partial charge is 0.311 e. The molecule has 1 aromatic carbocycles. The number of hydrogen-bond acceptors (Lipinski definition) is 3. The summed E-state index contributed by atoms with van der Waals surface area (Å²) >= 11 is 0. The highest BCUT2D eigenvalue weighted by molar-refractivity contribution is 7.92. The van der Waals surface area contributed by atoms with Crippen LogP contribution in [0.3, 0.4) is 0 Å². The van der Waals surface area contributed by atoms with Gasteiger partial charge in [-0.1, -0.05) is 36.9 Å². The molecule has 100 valence electrons. The Bertz CT molecular complexity index is 504. The van der Waals surface area contributed by atoms with E-state index in [0.717, 1.165) is 11.1 Å². The molecule has 0 atom stereocenters. The molecule has 0 unspecified atom stereocenters. The van der Waals surface area contributed by atoms with E-state index in [0.29, 0.717) is 13.1 Å². The highest BCUT2D eigenvalue weighted by atomic mass is 32.2. The Morgan fingerprint density at radius 2 is 1.83 bits per heavy atom. The summed E-state index contributed by atoms with van der Waals surface area (Å²) in [5.74, 6) is 0. The van der Waals surface area contributed by atoms with E-state index in [4.69, 9.17) is 0 Å². The van der Waals surface area contributed by atoms with Gasteiger partial charge in [-0.25, -0.2) is 8.42 Å². The first-order chi connectivity index (χ1) is 8.24. The van der Waals surface area contributed by atoms with Gasteiger partial charge in [0.1, 0.15) is 0 Å². The number of benzene rings is 1. The summed E-state index contributed by atoms with van der Waals surface area (Å²) in [5.41, 5.74) is 2.03. The van der Waals surface area contributed by atoms with Gasteiger partial charge in [0.15, 0.2) is 9.84 Å². The van der Waals surface area contributed by atoms with Crippen molar-refractivity contribution in [2.45, 2.75) is 18.6 Å². The third-order valence-electron chi connectivity index (χ3n) is 3.07. The lowest BCUT2D eigenvalue weighted by Crippen LogP contribution is -2.42. The van der Waals surface area contributed by atoms with Crippen LogP contribution in [0, 0.1) is 0 Å². The number of sulfone groups is 1. The van der Waals surface area contributed by atoms with Crippen LogP contribution in [0.15, 0.2) is 36.9 Å². The second kappa shape index (κ2) is 5.67. The molecule has 4 heteroatoms. The molecule has 0 amide bonds. The third kappa shape index (κ3) is 3.96. The zero-order chi connectivity index (χ0) is 13.8. The van der Waals surface area contributed by atoms with Gasteiger partial charge in [-0.05, 0) is 25.0 Å². The fourth-order valence-corrected chi connectivity index (χ4v) is 1.79. The van der Waals surface area contributed by atoms with Crippen LogP contribution < -0.4 is 5.32 Å². The van der Waals surface area contributed by atoms with E-state index in [1.807, 2.05) is 30.3 Å². The van der Waals surface area contributed by atoms with Gasteiger partial charge in [0.05, 0.1) is 4.75 Å². The van der Waals surface area contributed by atoms with Crippen molar-refractivity contribution in [3.05, 3.63) is 42.5 Å². The highest BCUT2D eigenvalue weighted by Crippen LogP contribution is 2.14. The van der Waals surface area contributed by atoms with E-state index in [9.17, 15) is 8.42 Å². The van der Waals surface area contributed by atoms with Crippen LogP contribution in [0.5, 0.6) is 0 Å². The molecule has 18 heavy (non-hydrogen) atoms. The van der Waals surface area contributed by atoms with Gasteiger partial charge in [-0.2, -0.15) is 0 Å². The van der Waals surface area contributed by atoms with Gasteiger partial charge in [0, 0.05) is 19.3 Å². The second-order valence-electron chi connectivity index (χ2n) is 5.10. The van der Waals surface area contributed by atoms with Crippen molar-refractivity contribution < 1.29 is 8.42 Å². The Hall–Kier alpha value is -1.13. The fraction of sp³-hybridized carbons (Fsp3) is 0.429. The van der Waals surface area contributed by atoms with E-state index in [1.54, 1.807) is 13.8 Å². The number of rotatable bonds is 6. The zero-order valence-corrected chi connectivity index (χ0v) is 12.0. The number of nitrogens with one attached hydrogen (secondary N) is 1. The van der Waals surface area contributed by atoms with E-state index in [1.165, 1.54) is 6.26 Å². The van der Waals surface area contributed by atoms with Crippen LogP contribution >= 0.6 is 0 Å². The zero-order valence-electron chi connectivity index (χ0n) is 11.2. The van der Waals surface area contributed by atoms with Crippen LogP contribution in [0.1, 0.15) is 19.4 Å². The lowest BCUT2D eigenvalue weighted by atomic mass is 10.1. The van der Waals surface area contributed by atoms with E-state index in [-0.39, 0.29) is 0 Å². The molecule has 0 aromatic heterocycles. The van der Waals surface area contributed by atoms with Crippen molar-refractivity contribution in [3.63, 3.8) is 0 Å². The summed E-state index contributed by atoms with van der Waals surface area (Å²) < 4.78 is 22.3. The Balaban J connectivity index is 2.51. The minimum absolute atomic E-state index is 0.414. The molecule has 0 heterocycles. The maximum absolute atomic E-state index is 11.5. The minimum atomic E-state index is -3.06. The lowest BCUT2D eigenvalue weighted by Gasteiger charge is -2.23. The maximum atomic E-state index is 11.5. The summed E-state index contributed by atoms with van der Waals surface area (Å²) in [6, 6.07) is 9.86. The van der Waals surface area contributed by atoms with Crippen LogP contribution in [-0.2, 0) is 9.84 Å². The van der Waals surface area contributed by atoms with Crippen LogP contribution in [0.25, 0.3) is 5.57 Å². The second-order valence-corrected chi connectivity index (χ2v) is 7.75. The average Bonchev–Trinajstić information content (AvgIpc) is 2.28. The van der Waals surface area contributed by atoms with Gasteiger partial charge >= 0.3 is 0 Å². The van der Waals surface area contributed by atoms with Crippen LogP contribution in [-0.4, -0.2) is 32.5 Å². The molecule has 1 N–H and O–H groups in total. The molecule has 0 spiro atoms. The van der Waals surface area contributed by atoms with Crippen molar-refractivity contribution in [2.24, 2.45) is 0 Å². The molecule has 0 radical (unpaired) electrons. The molecule has 0 saturated carbocycles. The average molecular weight is 267 g/mol. The Labute approximate surface area is 110 Å². The quantitative estimate of drug-likeness (QED) is 0.858. The summed E-state index contributed by atoms with van der Waals surface area (Å²) in [5, 5.41) is 3.15. The standard InChI is InChI=1S/C14H21NO2S/c1-12(13-8-6-5-7-9-13)10-15-11-14(2,3)18(4,16)17/h5-9,15H,1,10-11H2,2-4H3. The number of hydrogen-bond donors (Lipinski definition) is 1. The first-order valence-corrected chi connectivity index (χ1v) is 7.77. The molecule has 0 aliphatic rings. The summed E-state index contributed by atoms with van der Waals surface area (Å²) in [7, 11) is -3.06. The Kier molecular flexibility index (Phi) is 4.71. The molecular weight excluding hydrogens is 246 g/mol. The SMILES string of the molecule is C=C(CNCC(C)(C)S(C)(=O)=O)c1ccccc1. The highest BCUT2D eigenvalue weighted by Gasteiger charge is 2.29. The fourth-order valence-electron chi connectivity index (χ4n) is 1.42. The predicted molar refractivity (Wildman–Crippen MR) is 77.3 cm³/mol.